The first kappa shape index (κ1) is 15.4. The summed E-state index contributed by atoms with van der Waals surface area (Å²) in [5.41, 5.74) is 2.48. The third kappa shape index (κ3) is 4.03. The van der Waals surface area contributed by atoms with E-state index in [0.29, 0.717) is 12.0 Å². The highest BCUT2D eigenvalue weighted by Crippen LogP contribution is 2.30. The number of halogens is 1. The lowest BCUT2D eigenvalue weighted by atomic mass is 9.91. The highest BCUT2D eigenvalue weighted by Gasteiger charge is 2.21. The highest BCUT2D eigenvalue weighted by atomic mass is 127. The molecule has 0 spiro atoms. The molecular weight excluding hydrogens is 359 g/mol. The van der Waals surface area contributed by atoms with Crippen LogP contribution in [0.25, 0.3) is 0 Å². The summed E-state index contributed by atoms with van der Waals surface area (Å²) >= 11 is 2.37. The van der Waals surface area contributed by atoms with E-state index in [9.17, 15) is 0 Å². The van der Waals surface area contributed by atoms with Gasteiger partial charge >= 0.3 is 0 Å². The van der Waals surface area contributed by atoms with E-state index in [1.165, 1.54) is 9.13 Å². The van der Waals surface area contributed by atoms with Crippen LogP contribution >= 0.6 is 22.6 Å². The summed E-state index contributed by atoms with van der Waals surface area (Å²) in [6.07, 6.45) is 3.01. The molecule has 3 heteroatoms. The molecule has 1 N–H and O–H groups in total. The molecule has 0 fully saturated rings. The highest BCUT2D eigenvalue weighted by molar-refractivity contribution is 14.1. The van der Waals surface area contributed by atoms with Crippen LogP contribution < -0.4 is 5.32 Å². The van der Waals surface area contributed by atoms with Gasteiger partial charge in [-0.05, 0) is 65.4 Å². The van der Waals surface area contributed by atoms with Gasteiger partial charge in [0.2, 0.25) is 0 Å². The number of hydrogen-bond donors (Lipinski definition) is 1. The fraction of sp³-hybridized carbons (Fsp3) is 0.353. The monoisotopic (exact) mass is 380 g/mol. The van der Waals surface area contributed by atoms with Crippen LogP contribution in [0, 0.1) is 3.57 Å². The summed E-state index contributed by atoms with van der Waals surface area (Å²) < 4.78 is 1.27. The second-order valence-electron chi connectivity index (χ2n) is 5.03. The van der Waals surface area contributed by atoms with E-state index in [2.05, 4.69) is 83.1 Å². The normalized spacial score (nSPS) is 13.9. The molecular formula is C17H21IN2. The van der Waals surface area contributed by atoms with Crippen molar-refractivity contribution in [3.8, 4) is 0 Å². The third-order valence-corrected chi connectivity index (χ3v) is 4.15. The Morgan fingerprint density at radius 3 is 2.70 bits per heavy atom. The zero-order valence-electron chi connectivity index (χ0n) is 12.0. The van der Waals surface area contributed by atoms with Crippen LogP contribution in [0.1, 0.15) is 43.5 Å². The Morgan fingerprint density at radius 2 is 2.05 bits per heavy atom. The molecule has 2 nitrogen and oxygen atoms in total. The van der Waals surface area contributed by atoms with E-state index in [0.717, 1.165) is 18.7 Å². The molecule has 2 rings (SSSR count). The van der Waals surface area contributed by atoms with Crippen LogP contribution in [0.5, 0.6) is 0 Å². The van der Waals surface area contributed by atoms with E-state index in [-0.39, 0.29) is 0 Å². The lowest BCUT2D eigenvalue weighted by Gasteiger charge is -2.25. The number of aromatic nitrogens is 1. The number of pyridine rings is 1. The number of hydrogen-bond acceptors (Lipinski definition) is 2. The topological polar surface area (TPSA) is 24.9 Å². The molecule has 0 bridgehead atoms. The van der Waals surface area contributed by atoms with Crippen LogP contribution in [0.4, 0.5) is 0 Å². The zero-order chi connectivity index (χ0) is 14.4. The molecule has 20 heavy (non-hydrogen) atoms. The van der Waals surface area contributed by atoms with Crippen molar-refractivity contribution in [2.45, 2.75) is 32.2 Å². The van der Waals surface area contributed by atoms with Crippen molar-refractivity contribution >= 4 is 22.6 Å². The third-order valence-electron chi connectivity index (χ3n) is 3.48. The van der Waals surface area contributed by atoms with Crippen LogP contribution in [0.3, 0.4) is 0 Å². The summed E-state index contributed by atoms with van der Waals surface area (Å²) in [5.74, 6) is 0.348. The molecule has 0 saturated carbocycles. The zero-order valence-corrected chi connectivity index (χ0v) is 14.2. The molecule has 0 aliphatic carbocycles. The molecule has 106 valence electrons. The Morgan fingerprint density at radius 1 is 1.20 bits per heavy atom. The fourth-order valence-electron chi connectivity index (χ4n) is 2.40. The summed E-state index contributed by atoms with van der Waals surface area (Å²) in [6.45, 7) is 5.47. The van der Waals surface area contributed by atoms with Gasteiger partial charge in [-0.3, -0.25) is 4.98 Å². The molecule has 0 aliphatic heterocycles. The predicted molar refractivity (Wildman–Crippen MR) is 92.8 cm³/mol. The van der Waals surface area contributed by atoms with E-state index >= 15 is 0 Å². The molecule has 0 radical (unpaired) electrons. The van der Waals surface area contributed by atoms with Crippen LogP contribution in [-0.4, -0.2) is 11.5 Å². The first-order valence-electron chi connectivity index (χ1n) is 7.12. The average molecular weight is 380 g/mol. The van der Waals surface area contributed by atoms with Crippen molar-refractivity contribution < 1.29 is 0 Å². The summed E-state index contributed by atoms with van der Waals surface area (Å²) in [4.78, 5) is 4.51. The van der Waals surface area contributed by atoms with Crippen LogP contribution in [0.2, 0.25) is 0 Å². The lowest BCUT2D eigenvalue weighted by Crippen LogP contribution is -2.27. The lowest BCUT2D eigenvalue weighted by molar-refractivity contribution is 0.460. The Labute approximate surface area is 135 Å². The molecule has 1 aromatic carbocycles. The maximum atomic E-state index is 4.51. The van der Waals surface area contributed by atoms with Gasteiger partial charge in [0.25, 0.3) is 0 Å². The van der Waals surface area contributed by atoms with Gasteiger partial charge in [0.15, 0.2) is 0 Å². The maximum absolute atomic E-state index is 4.51. The van der Waals surface area contributed by atoms with Gasteiger partial charge in [0, 0.05) is 27.4 Å². The molecule has 1 aromatic heterocycles. The Hall–Kier alpha value is -0.940. The average Bonchev–Trinajstić information content (AvgIpc) is 2.48. The quantitative estimate of drug-likeness (QED) is 0.745. The summed E-state index contributed by atoms with van der Waals surface area (Å²) in [6, 6.07) is 15.2. The van der Waals surface area contributed by atoms with Crippen molar-refractivity contribution in [2.24, 2.45) is 0 Å². The van der Waals surface area contributed by atoms with Gasteiger partial charge in [0.05, 0.1) is 0 Å². The molecule has 2 aromatic rings. The smallest absolute Gasteiger partial charge is 0.0450 e. The van der Waals surface area contributed by atoms with Gasteiger partial charge in [0.1, 0.15) is 0 Å². The van der Waals surface area contributed by atoms with Crippen molar-refractivity contribution in [1.29, 1.82) is 0 Å². The van der Waals surface area contributed by atoms with Crippen LogP contribution in [-0.2, 0) is 0 Å². The molecule has 0 amide bonds. The standard InChI is InChI=1S/C17H21IN2/c1-3-10-20-17(14-7-6-8-15(18)12-14)13(2)16-9-4-5-11-19-16/h4-9,11-13,17,20H,3,10H2,1-2H3. The molecule has 2 unspecified atom stereocenters. The molecule has 1 heterocycles. The minimum Gasteiger partial charge on any atom is -0.309 e. The van der Waals surface area contributed by atoms with E-state index in [1.807, 2.05) is 12.3 Å². The van der Waals surface area contributed by atoms with Crippen molar-refractivity contribution in [1.82, 2.24) is 10.3 Å². The summed E-state index contributed by atoms with van der Waals surface area (Å²) in [5, 5.41) is 3.67. The number of nitrogens with zero attached hydrogens (tertiary/aromatic N) is 1. The minimum atomic E-state index is 0.305. The molecule has 0 aliphatic rings. The van der Waals surface area contributed by atoms with Crippen LogP contribution in [0.15, 0.2) is 48.7 Å². The fourth-order valence-corrected chi connectivity index (χ4v) is 2.97. The molecule has 2 atom stereocenters. The van der Waals surface area contributed by atoms with Crippen molar-refractivity contribution in [2.75, 3.05) is 6.54 Å². The second kappa shape index (κ2) is 7.74. The first-order valence-corrected chi connectivity index (χ1v) is 8.20. The van der Waals surface area contributed by atoms with Gasteiger partial charge in [-0.1, -0.05) is 32.0 Å². The second-order valence-corrected chi connectivity index (χ2v) is 6.28. The van der Waals surface area contributed by atoms with Gasteiger partial charge in [-0.2, -0.15) is 0 Å². The predicted octanol–water partition coefficient (Wildman–Crippen LogP) is 4.53. The van der Waals surface area contributed by atoms with Gasteiger partial charge in [-0.15, -0.1) is 0 Å². The minimum absolute atomic E-state index is 0.305. The number of nitrogens with one attached hydrogen (secondary N) is 1. The van der Waals surface area contributed by atoms with E-state index < -0.39 is 0 Å². The van der Waals surface area contributed by atoms with Crippen molar-refractivity contribution in [3.05, 3.63) is 63.5 Å². The van der Waals surface area contributed by atoms with E-state index in [4.69, 9.17) is 0 Å². The largest absolute Gasteiger partial charge is 0.309 e. The summed E-state index contributed by atoms with van der Waals surface area (Å²) in [7, 11) is 0. The van der Waals surface area contributed by atoms with Crippen molar-refractivity contribution in [3.63, 3.8) is 0 Å². The molecule has 0 saturated heterocycles. The van der Waals surface area contributed by atoms with E-state index in [1.54, 1.807) is 0 Å². The van der Waals surface area contributed by atoms with Gasteiger partial charge < -0.3 is 5.32 Å². The Balaban J connectivity index is 2.27. The Kier molecular flexibility index (Phi) is 5.98. The first-order chi connectivity index (χ1) is 9.72. The SMILES string of the molecule is CCCNC(c1cccc(I)c1)C(C)c1ccccn1. The van der Waals surface area contributed by atoms with Gasteiger partial charge in [-0.25, -0.2) is 0 Å². The number of benzene rings is 1. The maximum Gasteiger partial charge on any atom is 0.0450 e. The Bertz CT molecular complexity index is 528. The number of rotatable bonds is 6.